The van der Waals surface area contributed by atoms with E-state index in [2.05, 4.69) is 5.32 Å². The summed E-state index contributed by atoms with van der Waals surface area (Å²) in [7, 11) is 0. The van der Waals surface area contributed by atoms with Gasteiger partial charge in [0, 0.05) is 19.0 Å². The van der Waals surface area contributed by atoms with Gasteiger partial charge in [-0.2, -0.15) is 0 Å². The highest BCUT2D eigenvalue weighted by atomic mass is 19.2. The van der Waals surface area contributed by atoms with E-state index in [1.54, 1.807) is 6.92 Å². The molecule has 0 bridgehead atoms. The van der Waals surface area contributed by atoms with E-state index < -0.39 is 35.3 Å². The molecule has 1 saturated heterocycles. The van der Waals surface area contributed by atoms with E-state index in [1.807, 2.05) is 0 Å². The Bertz CT molecular complexity index is 470. The van der Waals surface area contributed by atoms with Crippen LogP contribution < -0.4 is 5.32 Å². The predicted octanol–water partition coefficient (Wildman–Crippen LogP) is 1.97. The first-order chi connectivity index (χ1) is 9.04. The number of nitrogens with one attached hydrogen (secondary N) is 1. The van der Waals surface area contributed by atoms with Crippen molar-refractivity contribution in [2.75, 3.05) is 19.7 Å². The second-order valence-corrected chi connectivity index (χ2v) is 4.42. The lowest BCUT2D eigenvalue weighted by molar-refractivity contribution is -0.147. The van der Waals surface area contributed by atoms with Gasteiger partial charge in [-0.3, -0.25) is 4.79 Å². The van der Waals surface area contributed by atoms with Crippen LogP contribution in [0.3, 0.4) is 0 Å². The summed E-state index contributed by atoms with van der Waals surface area (Å²) in [5.41, 5.74) is 0.263. The molecule has 0 aromatic heterocycles. The van der Waals surface area contributed by atoms with Crippen LogP contribution in [0.1, 0.15) is 18.4 Å². The molecule has 19 heavy (non-hydrogen) atoms. The van der Waals surface area contributed by atoms with E-state index in [4.69, 9.17) is 4.74 Å². The van der Waals surface area contributed by atoms with Gasteiger partial charge in [-0.15, -0.1) is 0 Å². The fourth-order valence-electron chi connectivity index (χ4n) is 2.32. The zero-order valence-electron chi connectivity index (χ0n) is 10.4. The van der Waals surface area contributed by atoms with Crippen molar-refractivity contribution in [2.45, 2.75) is 12.8 Å². The first-order valence-corrected chi connectivity index (χ1v) is 6.06. The summed E-state index contributed by atoms with van der Waals surface area (Å²) in [5.74, 6) is -5.33. The predicted molar refractivity (Wildman–Crippen MR) is 62.0 cm³/mol. The van der Waals surface area contributed by atoms with Crippen LogP contribution >= 0.6 is 0 Å². The number of benzene rings is 1. The SMILES string of the molecule is CCOC(=O)C1CNCC1c1cc(F)c(F)c(F)c1. The third-order valence-corrected chi connectivity index (χ3v) is 3.24. The topological polar surface area (TPSA) is 38.3 Å². The van der Waals surface area contributed by atoms with Gasteiger partial charge in [0.1, 0.15) is 0 Å². The number of rotatable bonds is 3. The summed E-state index contributed by atoms with van der Waals surface area (Å²) in [6.07, 6.45) is 0. The van der Waals surface area contributed by atoms with Crippen molar-refractivity contribution in [1.29, 1.82) is 0 Å². The molecule has 2 rings (SSSR count). The van der Waals surface area contributed by atoms with E-state index in [0.717, 1.165) is 12.1 Å². The standard InChI is InChI=1S/C13H14F3NO2/c1-2-19-13(18)9-6-17-5-8(9)7-3-10(14)12(16)11(15)4-7/h3-4,8-9,17H,2,5-6H2,1H3. The fourth-order valence-corrected chi connectivity index (χ4v) is 2.32. The molecule has 1 heterocycles. The van der Waals surface area contributed by atoms with Crippen molar-refractivity contribution in [3.8, 4) is 0 Å². The summed E-state index contributed by atoms with van der Waals surface area (Å²) >= 11 is 0. The first-order valence-electron chi connectivity index (χ1n) is 6.06. The highest BCUT2D eigenvalue weighted by Crippen LogP contribution is 2.30. The smallest absolute Gasteiger partial charge is 0.310 e. The number of halogens is 3. The minimum atomic E-state index is -1.50. The molecule has 0 aliphatic carbocycles. The highest BCUT2D eigenvalue weighted by Gasteiger charge is 2.35. The van der Waals surface area contributed by atoms with Crippen molar-refractivity contribution in [3.63, 3.8) is 0 Å². The third-order valence-electron chi connectivity index (χ3n) is 3.24. The van der Waals surface area contributed by atoms with Crippen LogP contribution in [0.15, 0.2) is 12.1 Å². The second-order valence-electron chi connectivity index (χ2n) is 4.42. The number of esters is 1. The molecule has 0 radical (unpaired) electrons. The molecule has 0 amide bonds. The molecule has 104 valence electrons. The van der Waals surface area contributed by atoms with Crippen molar-refractivity contribution < 1.29 is 22.7 Å². The molecule has 1 aromatic carbocycles. The zero-order valence-corrected chi connectivity index (χ0v) is 10.4. The Morgan fingerprint density at radius 1 is 1.32 bits per heavy atom. The molecule has 6 heteroatoms. The van der Waals surface area contributed by atoms with E-state index in [0.29, 0.717) is 13.1 Å². The van der Waals surface area contributed by atoms with Crippen LogP contribution in [-0.2, 0) is 9.53 Å². The quantitative estimate of drug-likeness (QED) is 0.676. The fraction of sp³-hybridized carbons (Fsp3) is 0.462. The summed E-state index contributed by atoms with van der Waals surface area (Å²) < 4.78 is 44.3. The van der Waals surface area contributed by atoms with E-state index >= 15 is 0 Å². The Hall–Kier alpha value is -1.56. The Labute approximate surface area is 108 Å². The number of carbonyl (C=O) groups is 1. The average molecular weight is 273 g/mol. The lowest BCUT2D eigenvalue weighted by Gasteiger charge is -2.17. The van der Waals surface area contributed by atoms with Crippen molar-refractivity contribution in [3.05, 3.63) is 35.1 Å². The van der Waals surface area contributed by atoms with Gasteiger partial charge in [0.15, 0.2) is 17.5 Å². The maximum atomic E-state index is 13.2. The van der Waals surface area contributed by atoms with Crippen LogP contribution in [0.25, 0.3) is 0 Å². The molecule has 2 unspecified atom stereocenters. The molecule has 1 fully saturated rings. The molecular weight excluding hydrogens is 259 g/mol. The zero-order chi connectivity index (χ0) is 14.0. The molecule has 1 aliphatic rings. The number of ether oxygens (including phenoxy) is 1. The van der Waals surface area contributed by atoms with Crippen LogP contribution in [0, 0.1) is 23.4 Å². The van der Waals surface area contributed by atoms with Gasteiger partial charge in [-0.1, -0.05) is 0 Å². The lowest BCUT2D eigenvalue weighted by Crippen LogP contribution is -2.24. The maximum Gasteiger partial charge on any atom is 0.310 e. The van der Waals surface area contributed by atoms with E-state index in [-0.39, 0.29) is 12.2 Å². The van der Waals surface area contributed by atoms with Crippen LogP contribution in [0.5, 0.6) is 0 Å². The minimum absolute atomic E-state index is 0.244. The molecule has 1 aromatic rings. The van der Waals surface area contributed by atoms with Gasteiger partial charge in [0.25, 0.3) is 0 Å². The number of hydrogen-bond donors (Lipinski definition) is 1. The van der Waals surface area contributed by atoms with E-state index in [1.165, 1.54) is 0 Å². The van der Waals surface area contributed by atoms with Crippen molar-refractivity contribution >= 4 is 5.97 Å². The summed E-state index contributed by atoms with van der Waals surface area (Å²) in [6, 6.07) is 1.87. The van der Waals surface area contributed by atoms with Gasteiger partial charge >= 0.3 is 5.97 Å². The van der Waals surface area contributed by atoms with Crippen LogP contribution in [0.2, 0.25) is 0 Å². The lowest BCUT2D eigenvalue weighted by atomic mass is 9.89. The van der Waals surface area contributed by atoms with Gasteiger partial charge in [-0.05, 0) is 24.6 Å². The highest BCUT2D eigenvalue weighted by molar-refractivity contribution is 5.74. The van der Waals surface area contributed by atoms with Gasteiger partial charge < -0.3 is 10.1 Å². The third kappa shape index (κ3) is 2.73. The monoisotopic (exact) mass is 273 g/mol. The molecule has 1 N–H and O–H groups in total. The number of carbonyl (C=O) groups excluding carboxylic acids is 1. The maximum absolute atomic E-state index is 13.2. The van der Waals surface area contributed by atoms with Crippen molar-refractivity contribution in [1.82, 2.24) is 5.32 Å². The molecule has 2 atom stereocenters. The average Bonchev–Trinajstić information content (AvgIpc) is 2.84. The van der Waals surface area contributed by atoms with Crippen LogP contribution in [0.4, 0.5) is 13.2 Å². The summed E-state index contributed by atoms with van der Waals surface area (Å²) in [4.78, 5) is 11.7. The van der Waals surface area contributed by atoms with Gasteiger partial charge in [0.2, 0.25) is 0 Å². The Morgan fingerprint density at radius 3 is 2.53 bits per heavy atom. The first kappa shape index (κ1) is 13.9. The number of hydrogen-bond acceptors (Lipinski definition) is 3. The summed E-state index contributed by atoms with van der Waals surface area (Å²) in [5, 5.41) is 2.97. The largest absolute Gasteiger partial charge is 0.466 e. The molecular formula is C13H14F3NO2. The van der Waals surface area contributed by atoms with Crippen LogP contribution in [-0.4, -0.2) is 25.7 Å². The Balaban J connectivity index is 2.27. The minimum Gasteiger partial charge on any atom is -0.466 e. The molecule has 0 spiro atoms. The molecule has 1 aliphatic heterocycles. The Morgan fingerprint density at radius 2 is 1.95 bits per heavy atom. The second kappa shape index (κ2) is 5.61. The summed E-state index contributed by atoms with van der Waals surface area (Å²) in [6.45, 7) is 2.71. The van der Waals surface area contributed by atoms with Gasteiger partial charge in [-0.25, -0.2) is 13.2 Å². The van der Waals surface area contributed by atoms with Crippen molar-refractivity contribution in [2.24, 2.45) is 5.92 Å². The molecule has 0 saturated carbocycles. The van der Waals surface area contributed by atoms with Gasteiger partial charge in [0.05, 0.1) is 12.5 Å². The normalized spacial score (nSPS) is 22.5. The molecule has 3 nitrogen and oxygen atoms in total. The Kier molecular flexibility index (Phi) is 4.09. The van der Waals surface area contributed by atoms with E-state index in [9.17, 15) is 18.0 Å².